The standard InChI is InChI=1S/C20H23N5O2/c1-4-15(21-20(27)22-16-10-9-13(2)14(3)11-16)12-25-19(26)17-7-5-6-8-18(17)23-24-25/h5-11,15H,4,12H2,1-3H3,(H2,21,22,27). The van der Waals surface area contributed by atoms with Crippen molar-refractivity contribution >= 4 is 22.6 Å². The fourth-order valence-electron chi connectivity index (χ4n) is 2.80. The molecular weight excluding hydrogens is 342 g/mol. The SMILES string of the molecule is CCC(Cn1nnc2ccccc2c1=O)NC(=O)Nc1ccc(C)c(C)c1. The minimum Gasteiger partial charge on any atom is -0.333 e. The van der Waals surface area contributed by atoms with Gasteiger partial charge in [0, 0.05) is 5.69 Å². The van der Waals surface area contributed by atoms with Gasteiger partial charge in [-0.3, -0.25) is 4.79 Å². The molecule has 1 atom stereocenters. The molecule has 3 aromatic rings. The third-order valence-electron chi connectivity index (χ3n) is 4.62. The summed E-state index contributed by atoms with van der Waals surface area (Å²) < 4.78 is 1.30. The van der Waals surface area contributed by atoms with Crippen molar-refractivity contribution in [3.63, 3.8) is 0 Å². The van der Waals surface area contributed by atoms with Crippen LogP contribution in [0.2, 0.25) is 0 Å². The molecule has 0 saturated heterocycles. The maximum absolute atomic E-state index is 12.6. The van der Waals surface area contributed by atoms with Crippen molar-refractivity contribution in [1.82, 2.24) is 20.3 Å². The van der Waals surface area contributed by atoms with Gasteiger partial charge in [-0.05, 0) is 55.7 Å². The van der Waals surface area contributed by atoms with Crippen LogP contribution in [-0.2, 0) is 6.54 Å². The first kappa shape index (κ1) is 18.6. The highest BCUT2D eigenvalue weighted by Gasteiger charge is 2.14. The van der Waals surface area contributed by atoms with Crippen molar-refractivity contribution < 1.29 is 4.79 Å². The molecule has 2 amide bonds. The highest BCUT2D eigenvalue weighted by atomic mass is 16.2. The molecule has 0 spiro atoms. The second kappa shape index (κ2) is 7.99. The van der Waals surface area contributed by atoms with Gasteiger partial charge in [-0.15, -0.1) is 5.10 Å². The predicted molar refractivity (Wildman–Crippen MR) is 106 cm³/mol. The van der Waals surface area contributed by atoms with E-state index in [1.54, 1.807) is 18.2 Å². The Hall–Kier alpha value is -3.22. The Balaban J connectivity index is 1.70. The van der Waals surface area contributed by atoms with E-state index in [1.165, 1.54) is 10.2 Å². The van der Waals surface area contributed by atoms with E-state index in [0.717, 1.165) is 11.3 Å². The lowest BCUT2D eigenvalue weighted by molar-refractivity contribution is 0.245. The van der Waals surface area contributed by atoms with Gasteiger partial charge in [0.1, 0.15) is 5.52 Å². The number of benzene rings is 2. The molecule has 2 aromatic carbocycles. The second-order valence-corrected chi connectivity index (χ2v) is 6.60. The topological polar surface area (TPSA) is 88.9 Å². The lowest BCUT2D eigenvalue weighted by Gasteiger charge is -2.18. The highest BCUT2D eigenvalue weighted by Crippen LogP contribution is 2.14. The summed E-state index contributed by atoms with van der Waals surface area (Å²) in [4.78, 5) is 24.9. The molecular formula is C20H23N5O2. The molecule has 140 valence electrons. The molecule has 2 N–H and O–H groups in total. The van der Waals surface area contributed by atoms with E-state index < -0.39 is 0 Å². The van der Waals surface area contributed by atoms with E-state index in [1.807, 2.05) is 45.0 Å². The van der Waals surface area contributed by atoms with E-state index >= 15 is 0 Å². The van der Waals surface area contributed by atoms with Gasteiger partial charge in [-0.2, -0.15) is 0 Å². The fraction of sp³-hybridized carbons (Fsp3) is 0.300. The molecule has 27 heavy (non-hydrogen) atoms. The van der Waals surface area contributed by atoms with Crippen LogP contribution in [0.4, 0.5) is 10.5 Å². The maximum atomic E-state index is 12.6. The number of urea groups is 1. The van der Waals surface area contributed by atoms with E-state index in [0.29, 0.717) is 17.3 Å². The van der Waals surface area contributed by atoms with Crippen LogP contribution in [0.5, 0.6) is 0 Å². The predicted octanol–water partition coefficient (Wildman–Crippen LogP) is 3.01. The van der Waals surface area contributed by atoms with Gasteiger partial charge in [0.25, 0.3) is 5.56 Å². The normalized spacial score (nSPS) is 12.0. The van der Waals surface area contributed by atoms with Gasteiger partial charge < -0.3 is 10.6 Å². The van der Waals surface area contributed by atoms with Crippen LogP contribution in [0, 0.1) is 13.8 Å². The Morgan fingerprint density at radius 2 is 1.93 bits per heavy atom. The average Bonchev–Trinajstić information content (AvgIpc) is 2.66. The zero-order valence-electron chi connectivity index (χ0n) is 15.7. The zero-order valence-corrected chi connectivity index (χ0v) is 15.7. The number of carbonyl (C=O) groups excluding carboxylic acids is 1. The number of amides is 2. The van der Waals surface area contributed by atoms with E-state index in [-0.39, 0.29) is 24.2 Å². The van der Waals surface area contributed by atoms with Gasteiger partial charge in [-0.25, -0.2) is 9.48 Å². The number of nitrogens with one attached hydrogen (secondary N) is 2. The quantitative estimate of drug-likeness (QED) is 0.727. The number of aromatic nitrogens is 3. The number of fused-ring (bicyclic) bond motifs is 1. The van der Waals surface area contributed by atoms with Gasteiger partial charge in [0.15, 0.2) is 0 Å². The number of aryl methyl sites for hydroxylation is 2. The van der Waals surface area contributed by atoms with Crippen molar-refractivity contribution in [2.75, 3.05) is 5.32 Å². The van der Waals surface area contributed by atoms with Crippen molar-refractivity contribution in [2.45, 2.75) is 39.8 Å². The number of anilines is 1. The average molecular weight is 365 g/mol. The molecule has 0 aliphatic heterocycles. The third-order valence-corrected chi connectivity index (χ3v) is 4.62. The van der Waals surface area contributed by atoms with Crippen LogP contribution in [0.15, 0.2) is 47.3 Å². The summed E-state index contributed by atoms with van der Waals surface area (Å²) in [5, 5.41) is 14.3. The molecule has 0 aliphatic carbocycles. The van der Waals surface area contributed by atoms with E-state index in [4.69, 9.17) is 0 Å². The Kier molecular flexibility index (Phi) is 5.49. The van der Waals surface area contributed by atoms with E-state index in [9.17, 15) is 9.59 Å². The highest BCUT2D eigenvalue weighted by molar-refractivity contribution is 5.89. The molecule has 1 heterocycles. The van der Waals surface area contributed by atoms with Gasteiger partial charge in [0.2, 0.25) is 0 Å². The summed E-state index contributed by atoms with van der Waals surface area (Å²) in [5.41, 5.74) is 3.36. The van der Waals surface area contributed by atoms with Gasteiger partial charge in [0.05, 0.1) is 18.0 Å². The first-order valence-corrected chi connectivity index (χ1v) is 8.95. The molecule has 0 bridgehead atoms. The van der Waals surface area contributed by atoms with Crippen LogP contribution in [0.1, 0.15) is 24.5 Å². The Bertz CT molecular complexity index is 1030. The summed E-state index contributed by atoms with van der Waals surface area (Å²) in [6.45, 7) is 6.22. The summed E-state index contributed by atoms with van der Waals surface area (Å²) in [5.74, 6) is 0. The second-order valence-electron chi connectivity index (χ2n) is 6.60. The number of rotatable bonds is 5. The Morgan fingerprint density at radius 1 is 1.15 bits per heavy atom. The summed E-state index contributed by atoms with van der Waals surface area (Å²) in [6.07, 6.45) is 0.654. The summed E-state index contributed by atoms with van der Waals surface area (Å²) in [6, 6.07) is 12.3. The Morgan fingerprint density at radius 3 is 2.67 bits per heavy atom. The first-order valence-electron chi connectivity index (χ1n) is 8.95. The third kappa shape index (κ3) is 4.31. The van der Waals surface area contributed by atoms with Crippen LogP contribution in [0.25, 0.3) is 10.9 Å². The fourth-order valence-corrected chi connectivity index (χ4v) is 2.80. The van der Waals surface area contributed by atoms with Crippen LogP contribution in [-0.4, -0.2) is 27.1 Å². The first-order chi connectivity index (χ1) is 13.0. The lowest BCUT2D eigenvalue weighted by atomic mass is 10.1. The van der Waals surface area contributed by atoms with Crippen LogP contribution in [0.3, 0.4) is 0 Å². The van der Waals surface area contributed by atoms with Crippen molar-refractivity contribution in [1.29, 1.82) is 0 Å². The van der Waals surface area contributed by atoms with Crippen LogP contribution >= 0.6 is 0 Å². The number of nitrogens with zero attached hydrogens (tertiary/aromatic N) is 3. The molecule has 0 aliphatic rings. The monoisotopic (exact) mass is 365 g/mol. The van der Waals surface area contributed by atoms with Crippen molar-refractivity contribution in [2.24, 2.45) is 0 Å². The molecule has 1 aromatic heterocycles. The van der Waals surface area contributed by atoms with Crippen molar-refractivity contribution in [3.05, 3.63) is 63.9 Å². The molecule has 0 saturated carbocycles. The molecule has 7 nitrogen and oxygen atoms in total. The van der Waals surface area contributed by atoms with Gasteiger partial charge in [-0.1, -0.05) is 30.3 Å². The molecule has 3 rings (SSSR count). The number of carbonyl (C=O) groups is 1. The minimum absolute atomic E-state index is 0.213. The zero-order chi connectivity index (χ0) is 19.4. The smallest absolute Gasteiger partial charge is 0.319 e. The molecule has 0 radical (unpaired) electrons. The molecule has 7 heteroatoms. The van der Waals surface area contributed by atoms with Crippen molar-refractivity contribution in [3.8, 4) is 0 Å². The lowest BCUT2D eigenvalue weighted by Crippen LogP contribution is -2.42. The summed E-state index contributed by atoms with van der Waals surface area (Å²) in [7, 11) is 0. The molecule has 1 unspecified atom stereocenters. The largest absolute Gasteiger partial charge is 0.333 e. The van der Waals surface area contributed by atoms with Gasteiger partial charge >= 0.3 is 6.03 Å². The minimum atomic E-state index is -0.313. The molecule has 0 fully saturated rings. The maximum Gasteiger partial charge on any atom is 0.319 e. The van der Waals surface area contributed by atoms with E-state index in [2.05, 4.69) is 20.9 Å². The number of hydrogen-bond acceptors (Lipinski definition) is 4. The number of hydrogen-bond donors (Lipinski definition) is 2. The Labute approximate surface area is 157 Å². The summed E-state index contributed by atoms with van der Waals surface area (Å²) >= 11 is 0. The van der Waals surface area contributed by atoms with Crippen LogP contribution < -0.4 is 16.2 Å².